The van der Waals surface area contributed by atoms with Gasteiger partial charge < -0.3 is 9.47 Å². The van der Waals surface area contributed by atoms with Crippen LogP contribution in [0.2, 0.25) is 0 Å². The van der Waals surface area contributed by atoms with Gasteiger partial charge in [0.1, 0.15) is 23.0 Å². The maximum Gasteiger partial charge on any atom is 0.258 e. The fraction of sp³-hybridized carbons (Fsp3) is 0.122. The molecule has 244 valence electrons. The molecule has 0 atom stereocenters. The molecule has 49 heavy (non-hydrogen) atoms. The van der Waals surface area contributed by atoms with E-state index in [0.717, 1.165) is 32.1 Å². The highest BCUT2D eigenvalue weighted by molar-refractivity contribution is 6.28. The molecule has 2 aliphatic rings. The van der Waals surface area contributed by atoms with E-state index in [1.165, 1.54) is 24.3 Å². The Morgan fingerprint density at radius 1 is 0.551 bits per heavy atom. The third-order valence-electron chi connectivity index (χ3n) is 8.56. The highest BCUT2D eigenvalue weighted by atomic mass is 16.5. The molecule has 0 N–H and O–H groups in total. The minimum Gasteiger partial charge on any atom is -0.457 e. The molecule has 0 saturated heterocycles. The van der Waals surface area contributed by atoms with Crippen LogP contribution in [0.15, 0.2) is 135 Å². The Labute approximate surface area is 284 Å². The topological polar surface area (TPSA) is 93.2 Å². The van der Waals surface area contributed by atoms with E-state index in [4.69, 9.17) is 9.47 Å². The first-order valence-corrected chi connectivity index (χ1v) is 15.8. The molecule has 2 heterocycles. The van der Waals surface area contributed by atoms with E-state index in [9.17, 15) is 19.2 Å². The number of allylic oxidation sites excluding steroid dienone is 2. The maximum absolute atomic E-state index is 12.2. The molecule has 4 amide bonds. The van der Waals surface area contributed by atoms with Gasteiger partial charge in [0.05, 0.1) is 11.4 Å². The van der Waals surface area contributed by atoms with Crippen molar-refractivity contribution in [1.82, 2.24) is 0 Å². The molecule has 2 aliphatic heterocycles. The molecule has 0 radical (unpaired) electrons. The maximum atomic E-state index is 12.2. The highest BCUT2D eigenvalue weighted by Gasteiger charge is 2.28. The van der Waals surface area contributed by atoms with Crippen LogP contribution in [0.25, 0.3) is 0 Å². The molecule has 0 bridgehead atoms. The molecule has 6 rings (SSSR count). The summed E-state index contributed by atoms with van der Waals surface area (Å²) in [6, 6.07) is 26.3. The third-order valence-corrected chi connectivity index (χ3v) is 8.56. The molecule has 4 aromatic carbocycles. The number of benzene rings is 4. The van der Waals surface area contributed by atoms with E-state index >= 15 is 0 Å². The van der Waals surface area contributed by atoms with Gasteiger partial charge in [-0.25, -0.2) is 9.80 Å². The Morgan fingerprint density at radius 2 is 0.898 bits per heavy atom. The second-order valence-corrected chi connectivity index (χ2v) is 12.1. The van der Waals surface area contributed by atoms with Crippen LogP contribution in [0.1, 0.15) is 36.1 Å². The van der Waals surface area contributed by atoms with Gasteiger partial charge in [-0.2, -0.15) is 0 Å². The fourth-order valence-corrected chi connectivity index (χ4v) is 5.85. The van der Waals surface area contributed by atoms with Crippen molar-refractivity contribution in [2.24, 2.45) is 0 Å². The van der Waals surface area contributed by atoms with Crippen LogP contribution in [-0.4, -0.2) is 23.6 Å². The molecular weight excluding hydrogens is 616 g/mol. The van der Waals surface area contributed by atoms with Crippen molar-refractivity contribution < 1.29 is 28.7 Å². The van der Waals surface area contributed by atoms with Crippen LogP contribution in [0.4, 0.5) is 11.4 Å². The zero-order valence-corrected chi connectivity index (χ0v) is 27.2. The molecule has 0 fully saturated rings. The second kappa shape index (κ2) is 13.4. The van der Waals surface area contributed by atoms with E-state index in [2.05, 4.69) is 27.0 Å². The van der Waals surface area contributed by atoms with Gasteiger partial charge in [0.25, 0.3) is 23.6 Å². The summed E-state index contributed by atoms with van der Waals surface area (Å²) >= 11 is 0. The third kappa shape index (κ3) is 6.62. The number of carbonyl (C=O) groups excluding carboxylic acids is 4. The van der Waals surface area contributed by atoms with Gasteiger partial charge in [0.2, 0.25) is 0 Å². The zero-order valence-electron chi connectivity index (χ0n) is 27.2. The molecule has 8 nitrogen and oxygen atoms in total. The highest BCUT2D eigenvalue weighted by Crippen LogP contribution is 2.37. The van der Waals surface area contributed by atoms with Crippen LogP contribution >= 0.6 is 0 Å². The zero-order chi connectivity index (χ0) is 34.7. The molecule has 0 spiro atoms. The van der Waals surface area contributed by atoms with Crippen molar-refractivity contribution in [1.29, 1.82) is 0 Å². The van der Waals surface area contributed by atoms with Gasteiger partial charge in [-0.05, 0) is 84.6 Å². The first kappa shape index (κ1) is 32.7. The van der Waals surface area contributed by atoms with E-state index in [1.54, 1.807) is 48.6 Å². The first-order valence-electron chi connectivity index (χ1n) is 15.8. The molecule has 8 heteroatoms. The minimum absolute atomic E-state index is 0.339. The first-order chi connectivity index (χ1) is 23.6. The van der Waals surface area contributed by atoms with Crippen LogP contribution in [-0.2, 0) is 37.4 Å². The van der Waals surface area contributed by atoms with Crippen molar-refractivity contribution in [3.63, 3.8) is 0 Å². The van der Waals surface area contributed by atoms with Gasteiger partial charge in [-0.1, -0.05) is 50.3 Å². The second-order valence-electron chi connectivity index (χ2n) is 12.1. The van der Waals surface area contributed by atoms with E-state index < -0.39 is 0 Å². The number of nitrogens with zero attached hydrogens (tertiary/aromatic N) is 2. The Balaban J connectivity index is 1.16. The summed E-state index contributed by atoms with van der Waals surface area (Å²) in [7, 11) is 0. The number of hydrogen-bond acceptors (Lipinski definition) is 6. The van der Waals surface area contributed by atoms with E-state index in [-0.39, 0.29) is 29.0 Å². The van der Waals surface area contributed by atoms with Gasteiger partial charge in [0.15, 0.2) is 0 Å². The summed E-state index contributed by atoms with van der Waals surface area (Å²) in [6.07, 6.45) is 9.52. The SMILES string of the molecule is C=CCc1cc(N2C(=O)C=CC2=O)ccc1Oc1ccc(C(C)(C)c2ccc(Oc3ccc(N4C(=O)C=CC4=O)cc3CC=C)cc2)cc1. The molecule has 0 unspecified atom stereocenters. The average molecular weight is 651 g/mol. The molecule has 0 aromatic heterocycles. The summed E-state index contributed by atoms with van der Waals surface area (Å²) in [4.78, 5) is 51.0. The Hall–Kier alpha value is -6.28. The number of carbonyl (C=O) groups is 4. The predicted octanol–water partition coefficient (Wildman–Crippen LogP) is 7.91. The lowest BCUT2D eigenvalue weighted by Gasteiger charge is -2.26. The number of amides is 4. The monoisotopic (exact) mass is 650 g/mol. The van der Waals surface area contributed by atoms with Crippen LogP contribution in [0.5, 0.6) is 23.0 Å². The Morgan fingerprint density at radius 3 is 1.22 bits per heavy atom. The van der Waals surface area contributed by atoms with Crippen LogP contribution in [0, 0.1) is 0 Å². The van der Waals surface area contributed by atoms with Gasteiger partial charge in [-0.3, -0.25) is 19.2 Å². The molecule has 0 aliphatic carbocycles. The predicted molar refractivity (Wildman–Crippen MR) is 189 cm³/mol. The normalized spacial score (nSPS) is 14.2. The summed E-state index contributed by atoms with van der Waals surface area (Å²) in [6.45, 7) is 12.0. The number of hydrogen-bond donors (Lipinski definition) is 0. The number of anilines is 2. The van der Waals surface area contributed by atoms with Crippen molar-refractivity contribution in [3.8, 4) is 23.0 Å². The smallest absolute Gasteiger partial charge is 0.258 e. The summed E-state index contributed by atoms with van der Waals surface area (Å²) in [5, 5.41) is 0. The summed E-state index contributed by atoms with van der Waals surface area (Å²) < 4.78 is 12.5. The quantitative estimate of drug-likeness (QED) is 0.114. The average Bonchev–Trinajstić information content (AvgIpc) is 3.61. The minimum atomic E-state index is -0.374. The fourth-order valence-electron chi connectivity index (χ4n) is 5.85. The summed E-state index contributed by atoms with van der Waals surface area (Å²) in [5.41, 5.74) is 4.39. The van der Waals surface area contributed by atoms with Gasteiger partial charge in [-0.15, -0.1) is 13.2 Å². The molecule has 0 saturated carbocycles. The largest absolute Gasteiger partial charge is 0.457 e. The lowest BCUT2D eigenvalue weighted by Crippen LogP contribution is -2.29. The van der Waals surface area contributed by atoms with Gasteiger partial charge >= 0.3 is 0 Å². The van der Waals surface area contributed by atoms with Crippen LogP contribution in [0.3, 0.4) is 0 Å². The lowest BCUT2D eigenvalue weighted by molar-refractivity contribution is -0.121. The number of imide groups is 2. The van der Waals surface area contributed by atoms with E-state index in [0.29, 0.717) is 47.2 Å². The van der Waals surface area contributed by atoms with Crippen molar-refractivity contribution in [2.75, 3.05) is 9.80 Å². The van der Waals surface area contributed by atoms with Crippen LogP contribution < -0.4 is 19.3 Å². The van der Waals surface area contributed by atoms with E-state index in [1.807, 2.05) is 48.5 Å². The summed E-state index contributed by atoms with van der Waals surface area (Å²) in [5.74, 6) is 1.02. The van der Waals surface area contributed by atoms with Gasteiger partial charge in [0, 0.05) is 40.8 Å². The van der Waals surface area contributed by atoms with Crippen molar-refractivity contribution in [2.45, 2.75) is 32.1 Å². The Kier molecular flexibility index (Phi) is 8.96. The Bertz CT molecular complexity index is 1870. The lowest BCUT2D eigenvalue weighted by atomic mass is 9.78. The van der Waals surface area contributed by atoms with Crippen molar-refractivity contribution >= 4 is 35.0 Å². The van der Waals surface area contributed by atoms with Crippen molar-refractivity contribution in [3.05, 3.63) is 157 Å². The number of rotatable bonds is 12. The standard InChI is InChI=1S/C41H34N2O6/c1-5-7-27-25-31(42-37(44)21-22-38(42)45)13-19-35(27)48-33-15-9-29(10-16-33)41(3,4)30-11-17-34(18-12-30)49-36-20-14-32(26-28(36)8-6-2)43-39(46)23-24-40(43)47/h5-6,9-26H,1-2,7-8H2,3-4H3. The molecular formula is C41H34N2O6. The molecule has 4 aromatic rings. The number of ether oxygens (including phenoxy) is 2.